The summed E-state index contributed by atoms with van der Waals surface area (Å²) < 4.78 is 7.43. The number of hydrogen-bond donors (Lipinski definition) is 2. The van der Waals surface area contributed by atoms with Gasteiger partial charge >= 0.3 is 5.69 Å². The van der Waals surface area contributed by atoms with Crippen molar-refractivity contribution in [2.45, 2.75) is 37.9 Å². The zero-order valence-electron chi connectivity index (χ0n) is 12.1. The number of nitrogens with zero attached hydrogens (tertiary/aromatic N) is 5. The molecule has 3 atom stereocenters. The maximum atomic E-state index is 12.4. The molecular weight excluding hydrogens is 306 g/mol. The molecule has 1 aromatic rings. The molecule has 0 amide bonds. The molecule has 0 saturated carbocycles. The molecule has 0 radical (unpaired) electrons. The molecule has 1 fully saturated rings. The molecule has 23 heavy (non-hydrogen) atoms. The van der Waals surface area contributed by atoms with E-state index in [4.69, 9.17) is 16.7 Å². The van der Waals surface area contributed by atoms with Crippen LogP contribution in [-0.2, 0) is 17.9 Å². The summed E-state index contributed by atoms with van der Waals surface area (Å²) >= 11 is 0. The Kier molecular flexibility index (Phi) is 5.20. The zero-order chi connectivity index (χ0) is 17.0. The fraction of sp³-hybridized carbons (Fsp3) is 0.538. The number of aliphatic hydroxyl groups excluding tert-OH is 2. The largest absolute Gasteiger partial charge is 0.394 e. The predicted molar refractivity (Wildman–Crippen MR) is 78.3 cm³/mol. The first-order chi connectivity index (χ1) is 11.1. The van der Waals surface area contributed by atoms with Gasteiger partial charge in [-0.15, -0.1) is 6.42 Å². The molecule has 0 spiro atoms. The summed E-state index contributed by atoms with van der Waals surface area (Å²) in [4.78, 5) is 27.1. The van der Waals surface area contributed by atoms with E-state index in [0.717, 1.165) is 9.13 Å². The van der Waals surface area contributed by atoms with Crippen LogP contribution >= 0.6 is 0 Å². The van der Waals surface area contributed by atoms with Gasteiger partial charge in [0.15, 0.2) is 0 Å². The lowest BCUT2D eigenvalue weighted by Gasteiger charge is -2.17. The smallest absolute Gasteiger partial charge is 0.333 e. The molecule has 1 aliphatic heterocycles. The maximum Gasteiger partial charge on any atom is 0.333 e. The number of azide groups is 1. The molecule has 0 aromatic carbocycles. The van der Waals surface area contributed by atoms with Gasteiger partial charge in [0, 0.05) is 17.5 Å². The summed E-state index contributed by atoms with van der Waals surface area (Å²) in [6.45, 7) is -1.20. The minimum Gasteiger partial charge on any atom is -0.394 e. The Morgan fingerprint density at radius 2 is 2.26 bits per heavy atom. The molecule has 122 valence electrons. The summed E-state index contributed by atoms with van der Waals surface area (Å²) in [5, 5.41) is 22.1. The van der Waals surface area contributed by atoms with Gasteiger partial charge in [-0.1, -0.05) is 11.0 Å². The highest BCUT2D eigenvalue weighted by Crippen LogP contribution is 2.29. The lowest BCUT2D eigenvalue weighted by Crippen LogP contribution is -2.42. The maximum absolute atomic E-state index is 12.4. The molecule has 10 nitrogen and oxygen atoms in total. The van der Waals surface area contributed by atoms with Crippen molar-refractivity contribution in [3.8, 4) is 12.3 Å². The summed E-state index contributed by atoms with van der Waals surface area (Å²) in [5.74, 6) is 2.20. The number of terminal acetylenes is 1. The SMILES string of the molecule is C#CCn1c(=O)c(CO)cn([C@H]2C[C@H](N=[N+]=[N-])[C@@H](CO)O2)c1=O. The molecule has 2 rings (SSSR count). The second-order valence-electron chi connectivity index (χ2n) is 4.92. The molecular formula is C13H15N5O5. The zero-order valence-corrected chi connectivity index (χ0v) is 12.1. The Bertz CT molecular complexity index is 785. The standard InChI is InChI=1S/C13H15N5O5/c1-2-3-17-12(21)8(6-19)5-18(13(17)22)11-4-9(15-16-14)10(7-20)23-11/h1,5,9-11,19-20H,3-4,6-7H2/t9-,10+,11+/m0/s1. The minimum absolute atomic E-state index is 0.0174. The van der Waals surface area contributed by atoms with Crippen LogP contribution in [0, 0.1) is 12.3 Å². The third-order valence-corrected chi connectivity index (χ3v) is 3.58. The van der Waals surface area contributed by atoms with E-state index in [1.165, 1.54) is 6.20 Å². The van der Waals surface area contributed by atoms with Crippen molar-refractivity contribution in [2.24, 2.45) is 5.11 Å². The fourth-order valence-corrected chi connectivity index (χ4v) is 2.46. The van der Waals surface area contributed by atoms with Gasteiger partial charge in [-0.3, -0.25) is 9.36 Å². The van der Waals surface area contributed by atoms with Crippen LogP contribution in [-0.4, -0.2) is 38.1 Å². The average molecular weight is 321 g/mol. The third-order valence-electron chi connectivity index (χ3n) is 3.58. The van der Waals surface area contributed by atoms with E-state index in [-0.39, 0.29) is 25.1 Å². The quantitative estimate of drug-likeness (QED) is 0.312. The normalized spacial score (nSPS) is 23.3. The molecule has 1 aromatic heterocycles. The van der Waals surface area contributed by atoms with Gasteiger partial charge in [0.1, 0.15) is 6.23 Å². The third kappa shape index (κ3) is 3.13. The summed E-state index contributed by atoms with van der Waals surface area (Å²) in [5.41, 5.74) is 7.15. The molecule has 0 aliphatic carbocycles. The highest BCUT2D eigenvalue weighted by molar-refractivity contribution is 5.07. The van der Waals surface area contributed by atoms with E-state index in [1.54, 1.807) is 0 Å². The number of aliphatic hydroxyl groups is 2. The predicted octanol–water partition coefficient (Wildman–Crippen LogP) is -0.906. The highest BCUT2D eigenvalue weighted by Gasteiger charge is 2.36. The number of hydrogen-bond acceptors (Lipinski definition) is 6. The van der Waals surface area contributed by atoms with Crippen LogP contribution in [0.1, 0.15) is 18.2 Å². The van der Waals surface area contributed by atoms with Crippen LogP contribution in [0.5, 0.6) is 0 Å². The van der Waals surface area contributed by atoms with Crippen molar-refractivity contribution in [1.82, 2.24) is 9.13 Å². The lowest BCUT2D eigenvalue weighted by atomic mass is 10.1. The van der Waals surface area contributed by atoms with E-state index in [2.05, 4.69) is 15.9 Å². The van der Waals surface area contributed by atoms with Crippen molar-refractivity contribution in [3.63, 3.8) is 0 Å². The van der Waals surface area contributed by atoms with Crippen molar-refractivity contribution in [1.29, 1.82) is 0 Å². The first-order valence-electron chi connectivity index (χ1n) is 6.77. The fourth-order valence-electron chi connectivity index (χ4n) is 2.46. The van der Waals surface area contributed by atoms with Crippen molar-refractivity contribution in [2.75, 3.05) is 6.61 Å². The van der Waals surface area contributed by atoms with Gasteiger partial charge in [0.05, 0.1) is 37.5 Å². The van der Waals surface area contributed by atoms with E-state index in [1.807, 2.05) is 0 Å². The number of rotatable bonds is 5. The Labute approximate surface area is 130 Å². The molecule has 1 aliphatic rings. The second-order valence-corrected chi connectivity index (χ2v) is 4.92. The second kappa shape index (κ2) is 7.13. The van der Waals surface area contributed by atoms with E-state index >= 15 is 0 Å². The van der Waals surface area contributed by atoms with Crippen molar-refractivity contribution >= 4 is 0 Å². The van der Waals surface area contributed by atoms with Crippen LogP contribution in [0.25, 0.3) is 10.4 Å². The Hall–Kier alpha value is -2.57. The van der Waals surface area contributed by atoms with Gasteiger partial charge in [-0.25, -0.2) is 9.36 Å². The Balaban J connectivity index is 2.50. The van der Waals surface area contributed by atoms with E-state index in [9.17, 15) is 19.8 Å². The topological polar surface area (TPSA) is 142 Å². The number of aromatic nitrogens is 2. The van der Waals surface area contributed by atoms with Crippen LogP contribution < -0.4 is 11.2 Å². The molecule has 0 unspecified atom stereocenters. The Morgan fingerprint density at radius 3 is 2.83 bits per heavy atom. The summed E-state index contributed by atoms with van der Waals surface area (Å²) in [7, 11) is 0. The molecule has 10 heteroatoms. The first-order valence-corrected chi connectivity index (χ1v) is 6.77. The van der Waals surface area contributed by atoms with Crippen LogP contribution in [0.2, 0.25) is 0 Å². The molecule has 2 heterocycles. The van der Waals surface area contributed by atoms with Gasteiger partial charge in [0.2, 0.25) is 0 Å². The first kappa shape index (κ1) is 16.8. The molecule has 0 bridgehead atoms. The van der Waals surface area contributed by atoms with Crippen LogP contribution in [0.3, 0.4) is 0 Å². The lowest BCUT2D eigenvalue weighted by molar-refractivity contribution is -0.0278. The summed E-state index contributed by atoms with van der Waals surface area (Å²) in [6, 6.07) is -0.646. The van der Waals surface area contributed by atoms with Gasteiger partial charge in [0.25, 0.3) is 5.56 Å². The number of ether oxygens (including phenoxy) is 1. The minimum atomic E-state index is -0.843. The van der Waals surface area contributed by atoms with Gasteiger partial charge in [-0.2, -0.15) is 0 Å². The van der Waals surface area contributed by atoms with Gasteiger partial charge in [-0.05, 0) is 5.53 Å². The monoisotopic (exact) mass is 321 g/mol. The molecule has 1 saturated heterocycles. The van der Waals surface area contributed by atoms with E-state index in [0.29, 0.717) is 0 Å². The van der Waals surface area contributed by atoms with Crippen LogP contribution in [0.4, 0.5) is 0 Å². The highest BCUT2D eigenvalue weighted by atomic mass is 16.5. The molecule has 2 N–H and O–H groups in total. The Morgan fingerprint density at radius 1 is 1.52 bits per heavy atom. The van der Waals surface area contributed by atoms with Crippen LogP contribution in [0.15, 0.2) is 20.9 Å². The summed E-state index contributed by atoms with van der Waals surface area (Å²) in [6.07, 6.45) is 4.90. The van der Waals surface area contributed by atoms with Crippen molar-refractivity contribution < 1.29 is 14.9 Å². The van der Waals surface area contributed by atoms with Crippen molar-refractivity contribution in [3.05, 3.63) is 43.0 Å². The average Bonchev–Trinajstić information content (AvgIpc) is 2.95. The van der Waals surface area contributed by atoms with E-state index < -0.39 is 36.2 Å². The van der Waals surface area contributed by atoms with Gasteiger partial charge < -0.3 is 14.9 Å².